The Balaban J connectivity index is 1.53. The molecular weight excluding hydrogens is 385 g/mol. The van der Waals surface area contributed by atoms with Gasteiger partial charge in [0.15, 0.2) is 5.65 Å². The Bertz CT molecular complexity index is 1210. The van der Waals surface area contributed by atoms with Crippen LogP contribution in [0.3, 0.4) is 0 Å². The molecule has 0 aliphatic carbocycles. The van der Waals surface area contributed by atoms with Gasteiger partial charge in [-0.2, -0.15) is 5.10 Å². The highest BCUT2D eigenvalue weighted by Crippen LogP contribution is 2.36. The Morgan fingerprint density at radius 1 is 1.17 bits per heavy atom. The fourth-order valence-corrected chi connectivity index (χ4v) is 3.80. The number of nitrogens with zero attached hydrogens (tertiary/aromatic N) is 7. The van der Waals surface area contributed by atoms with Gasteiger partial charge in [-0.25, -0.2) is 13.9 Å². The van der Waals surface area contributed by atoms with Crippen LogP contribution in [0.1, 0.15) is 51.1 Å². The monoisotopic (exact) mass is 407 g/mol. The molecule has 1 unspecified atom stereocenters. The van der Waals surface area contributed by atoms with Crippen molar-refractivity contribution in [3.8, 4) is 11.5 Å². The average molecular weight is 407 g/mol. The van der Waals surface area contributed by atoms with Gasteiger partial charge < -0.3 is 9.32 Å². The number of hydrogen-bond acceptors (Lipinski definition) is 7. The van der Waals surface area contributed by atoms with Crippen molar-refractivity contribution in [1.29, 1.82) is 0 Å². The summed E-state index contributed by atoms with van der Waals surface area (Å²) < 4.78 is 21.3. The van der Waals surface area contributed by atoms with Crippen LogP contribution in [0.4, 0.5) is 10.2 Å². The standard InChI is InChI=1S/C21H22FN7O/c1-21(2,3)20-27-26-19(30-20)15-12-24-29-8-6-17(25-18(15)29)28-7-4-5-16(28)13-9-14(22)11-23-10-13/h6,8-12,16H,4-5,7H2,1-3H3. The minimum absolute atomic E-state index is 0.0328. The summed E-state index contributed by atoms with van der Waals surface area (Å²) in [6.07, 6.45) is 8.41. The molecule has 5 rings (SSSR count). The maximum Gasteiger partial charge on any atom is 0.253 e. The molecule has 0 aromatic carbocycles. The lowest BCUT2D eigenvalue weighted by molar-refractivity contribution is 0.399. The maximum atomic E-state index is 13.7. The lowest BCUT2D eigenvalue weighted by Gasteiger charge is -2.26. The molecule has 0 saturated carbocycles. The summed E-state index contributed by atoms with van der Waals surface area (Å²) >= 11 is 0. The molecule has 30 heavy (non-hydrogen) atoms. The molecule has 1 aliphatic rings. The van der Waals surface area contributed by atoms with Crippen LogP contribution in [0.2, 0.25) is 0 Å². The van der Waals surface area contributed by atoms with E-state index in [0.29, 0.717) is 23.0 Å². The van der Waals surface area contributed by atoms with E-state index in [0.717, 1.165) is 30.8 Å². The molecule has 1 aliphatic heterocycles. The fraction of sp³-hybridized carbons (Fsp3) is 0.381. The molecule has 4 aromatic rings. The Morgan fingerprint density at radius 2 is 2.03 bits per heavy atom. The van der Waals surface area contributed by atoms with Crippen LogP contribution in [0.25, 0.3) is 17.1 Å². The zero-order valence-corrected chi connectivity index (χ0v) is 17.1. The molecule has 1 saturated heterocycles. The molecule has 0 spiro atoms. The minimum atomic E-state index is -0.327. The number of fused-ring (bicyclic) bond motifs is 1. The van der Waals surface area contributed by atoms with Gasteiger partial charge in [0.05, 0.1) is 18.4 Å². The lowest BCUT2D eigenvalue weighted by atomic mass is 9.97. The Kier molecular flexibility index (Phi) is 4.27. The molecule has 0 radical (unpaired) electrons. The zero-order chi connectivity index (χ0) is 20.9. The highest BCUT2D eigenvalue weighted by Gasteiger charge is 2.29. The van der Waals surface area contributed by atoms with Gasteiger partial charge in [-0.15, -0.1) is 10.2 Å². The predicted octanol–water partition coefficient (Wildman–Crippen LogP) is 3.95. The van der Waals surface area contributed by atoms with E-state index in [9.17, 15) is 4.39 Å². The van der Waals surface area contributed by atoms with Crippen molar-refractivity contribution in [2.75, 3.05) is 11.4 Å². The van der Waals surface area contributed by atoms with Crippen LogP contribution in [0.5, 0.6) is 0 Å². The highest BCUT2D eigenvalue weighted by molar-refractivity contribution is 5.72. The topological polar surface area (TPSA) is 85.2 Å². The van der Waals surface area contributed by atoms with E-state index in [4.69, 9.17) is 9.40 Å². The molecule has 0 N–H and O–H groups in total. The summed E-state index contributed by atoms with van der Waals surface area (Å²) in [5.41, 5.74) is 1.94. The van der Waals surface area contributed by atoms with Crippen molar-refractivity contribution in [2.45, 2.75) is 45.1 Å². The van der Waals surface area contributed by atoms with Gasteiger partial charge in [0, 0.05) is 24.4 Å². The SMILES string of the molecule is CC(C)(C)c1nnc(-c2cnn3ccc(N4CCCC4c4cncc(F)c4)nc23)o1. The minimum Gasteiger partial charge on any atom is -0.420 e. The second kappa shape index (κ2) is 6.86. The summed E-state index contributed by atoms with van der Waals surface area (Å²) in [7, 11) is 0. The van der Waals surface area contributed by atoms with E-state index < -0.39 is 0 Å². The van der Waals surface area contributed by atoms with Crippen molar-refractivity contribution in [3.63, 3.8) is 0 Å². The van der Waals surface area contributed by atoms with Gasteiger partial charge in [-0.3, -0.25) is 4.98 Å². The number of rotatable bonds is 3. The van der Waals surface area contributed by atoms with Crippen molar-refractivity contribution in [1.82, 2.24) is 29.8 Å². The van der Waals surface area contributed by atoms with Crippen LogP contribution < -0.4 is 4.90 Å². The van der Waals surface area contributed by atoms with Crippen LogP contribution >= 0.6 is 0 Å². The molecule has 0 bridgehead atoms. The lowest BCUT2D eigenvalue weighted by Crippen LogP contribution is -2.24. The first-order chi connectivity index (χ1) is 14.4. The fourth-order valence-electron chi connectivity index (χ4n) is 3.80. The molecule has 1 atom stereocenters. The van der Waals surface area contributed by atoms with Gasteiger partial charge in [0.25, 0.3) is 5.89 Å². The van der Waals surface area contributed by atoms with Crippen LogP contribution in [-0.4, -0.2) is 36.3 Å². The third kappa shape index (κ3) is 3.20. The van der Waals surface area contributed by atoms with E-state index in [1.165, 1.54) is 6.20 Å². The van der Waals surface area contributed by atoms with Crippen molar-refractivity contribution < 1.29 is 8.81 Å². The van der Waals surface area contributed by atoms with Crippen LogP contribution in [0, 0.1) is 5.82 Å². The summed E-state index contributed by atoms with van der Waals surface area (Å²) in [6, 6.07) is 3.50. The van der Waals surface area contributed by atoms with E-state index in [2.05, 4.69) is 25.2 Å². The maximum absolute atomic E-state index is 13.7. The summed E-state index contributed by atoms with van der Waals surface area (Å²) in [5, 5.41) is 12.7. The first-order valence-corrected chi connectivity index (χ1v) is 9.96. The van der Waals surface area contributed by atoms with Gasteiger partial charge in [-0.1, -0.05) is 20.8 Å². The third-order valence-corrected chi connectivity index (χ3v) is 5.31. The van der Waals surface area contributed by atoms with Gasteiger partial charge >= 0.3 is 0 Å². The van der Waals surface area contributed by atoms with Gasteiger partial charge in [0.1, 0.15) is 17.2 Å². The number of hydrogen-bond donors (Lipinski definition) is 0. The van der Waals surface area contributed by atoms with Gasteiger partial charge in [0.2, 0.25) is 5.89 Å². The van der Waals surface area contributed by atoms with Crippen molar-refractivity contribution >= 4 is 11.5 Å². The second-order valence-electron chi connectivity index (χ2n) is 8.56. The second-order valence-corrected chi connectivity index (χ2v) is 8.56. The zero-order valence-electron chi connectivity index (χ0n) is 17.1. The van der Waals surface area contributed by atoms with E-state index in [-0.39, 0.29) is 17.3 Å². The molecule has 4 aromatic heterocycles. The number of pyridine rings is 1. The average Bonchev–Trinajstić information content (AvgIpc) is 3.45. The number of halogens is 1. The Labute approximate surface area is 172 Å². The normalized spacial score (nSPS) is 17.2. The first-order valence-electron chi connectivity index (χ1n) is 9.96. The van der Waals surface area contributed by atoms with Crippen molar-refractivity contribution in [2.24, 2.45) is 0 Å². The summed E-state index contributed by atoms with van der Waals surface area (Å²) in [4.78, 5) is 11.0. The molecule has 9 heteroatoms. The highest BCUT2D eigenvalue weighted by atomic mass is 19.1. The van der Waals surface area contributed by atoms with Gasteiger partial charge in [-0.05, 0) is 30.5 Å². The molecule has 1 fully saturated rings. The largest absolute Gasteiger partial charge is 0.420 e. The Hall–Kier alpha value is -3.36. The summed E-state index contributed by atoms with van der Waals surface area (Å²) in [5.74, 6) is 1.43. The quantitative estimate of drug-likeness (QED) is 0.508. The number of anilines is 1. The summed E-state index contributed by atoms with van der Waals surface area (Å²) in [6.45, 7) is 6.89. The predicted molar refractivity (Wildman–Crippen MR) is 108 cm³/mol. The smallest absolute Gasteiger partial charge is 0.253 e. The first kappa shape index (κ1) is 18.7. The molecule has 5 heterocycles. The molecule has 8 nitrogen and oxygen atoms in total. The van der Waals surface area contributed by atoms with E-state index in [1.54, 1.807) is 23.0 Å². The Morgan fingerprint density at radius 3 is 2.80 bits per heavy atom. The van der Waals surface area contributed by atoms with E-state index >= 15 is 0 Å². The van der Waals surface area contributed by atoms with Crippen LogP contribution in [-0.2, 0) is 5.41 Å². The van der Waals surface area contributed by atoms with Crippen molar-refractivity contribution in [3.05, 3.63) is 54.2 Å². The molecule has 154 valence electrons. The molecule has 0 amide bonds. The molecular formula is C21H22FN7O. The van der Waals surface area contributed by atoms with E-state index in [1.807, 2.05) is 33.0 Å². The van der Waals surface area contributed by atoms with Crippen LogP contribution in [0.15, 0.2) is 41.3 Å². The third-order valence-electron chi connectivity index (χ3n) is 5.31. The number of aromatic nitrogens is 6.